The third kappa shape index (κ3) is 4.26. The lowest BCUT2D eigenvalue weighted by atomic mass is 9.81. The summed E-state index contributed by atoms with van der Waals surface area (Å²) in [6, 6.07) is 8.35. The van der Waals surface area contributed by atoms with Crippen LogP contribution in [0.4, 0.5) is 11.4 Å². The number of hydrogen-bond donors (Lipinski definition) is 3. The summed E-state index contributed by atoms with van der Waals surface area (Å²) in [5.74, 6) is -0.768. The van der Waals surface area contributed by atoms with Crippen LogP contribution in [0.15, 0.2) is 30.3 Å². The van der Waals surface area contributed by atoms with Gasteiger partial charge in [-0.05, 0) is 46.4 Å². The molecule has 7 nitrogen and oxygen atoms in total. The smallest absolute Gasteiger partial charge is 0.200 e. The molecule has 0 saturated carbocycles. The number of carbonyl (C=O) groups excluding carboxylic acids is 2. The molecule has 0 atom stereocenters. The van der Waals surface area contributed by atoms with Crippen molar-refractivity contribution in [2.45, 2.75) is 0 Å². The summed E-state index contributed by atoms with van der Waals surface area (Å²) in [6.45, 7) is 2.81. The Hall–Kier alpha value is -2.90. The van der Waals surface area contributed by atoms with Gasteiger partial charge in [-0.15, -0.1) is 0 Å². The standard InChI is InChI=1S/C22H28N4O3/c1-25(2)12-10-23-15-7-5-6-14-18(15)22(29)20-17(27)9-8-16(19(20)21(14)28)24-11-13-26(3)4/h5-9,23-24,27H,10-13H2,1-4H3. The average Bonchev–Trinajstić information content (AvgIpc) is 2.66. The van der Waals surface area contributed by atoms with E-state index in [2.05, 4.69) is 10.6 Å². The fraction of sp³-hybridized carbons (Fsp3) is 0.364. The molecule has 0 radical (unpaired) electrons. The van der Waals surface area contributed by atoms with E-state index in [9.17, 15) is 14.7 Å². The molecule has 0 fully saturated rings. The lowest BCUT2D eigenvalue weighted by Gasteiger charge is -2.24. The number of rotatable bonds is 8. The van der Waals surface area contributed by atoms with Gasteiger partial charge in [-0.1, -0.05) is 12.1 Å². The third-order valence-corrected chi connectivity index (χ3v) is 4.92. The monoisotopic (exact) mass is 396 g/mol. The van der Waals surface area contributed by atoms with Crippen LogP contribution in [0, 0.1) is 0 Å². The SMILES string of the molecule is CN(C)CCNc1cccc2c1C(=O)c1c(O)ccc(NCCN(C)C)c1C2=O. The zero-order valence-corrected chi connectivity index (χ0v) is 17.4. The maximum Gasteiger partial charge on any atom is 0.200 e. The maximum atomic E-state index is 13.3. The van der Waals surface area contributed by atoms with Crippen LogP contribution in [-0.2, 0) is 0 Å². The number of nitrogens with zero attached hydrogens (tertiary/aromatic N) is 2. The summed E-state index contributed by atoms with van der Waals surface area (Å²) in [5.41, 5.74) is 2.17. The molecule has 0 unspecified atom stereocenters. The van der Waals surface area contributed by atoms with Crippen LogP contribution in [0.3, 0.4) is 0 Å². The van der Waals surface area contributed by atoms with Gasteiger partial charge >= 0.3 is 0 Å². The second kappa shape index (κ2) is 8.63. The van der Waals surface area contributed by atoms with E-state index in [4.69, 9.17) is 0 Å². The zero-order valence-electron chi connectivity index (χ0n) is 17.4. The fourth-order valence-electron chi connectivity index (χ4n) is 3.43. The van der Waals surface area contributed by atoms with Crippen LogP contribution < -0.4 is 10.6 Å². The fourth-order valence-corrected chi connectivity index (χ4v) is 3.43. The van der Waals surface area contributed by atoms with Gasteiger partial charge in [0.2, 0.25) is 0 Å². The molecule has 0 heterocycles. The number of fused-ring (bicyclic) bond motifs is 2. The highest BCUT2D eigenvalue weighted by Crippen LogP contribution is 2.39. The minimum Gasteiger partial charge on any atom is -0.507 e. The van der Waals surface area contributed by atoms with Gasteiger partial charge in [-0.2, -0.15) is 0 Å². The average molecular weight is 396 g/mol. The molecule has 2 aromatic rings. The van der Waals surface area contributed by atoms with E-state index in [0.29, 0.717) is 35.6 Å². The topological polar surface area (TPSA) is 84.9 Å². The lowest BCUT2D eigenvalue weighted by molar-refractivity contribution is 0.0978. The number of aromatic hydroxyl groups is 1. The minimum atomic E-state index is -0.337. The molecular formula is C22H28N4O3. The van der Waals surface area contributed by atoms with Crippen LogP contribution in [-0.4, -0.2) is 80.8 Å². The molecule has 7 heteroatoms. The van der Waals surface area contributed by atoms with E-state index in [1.165, 1.54) is 6.07 Å². The molecule has 154 valence electrons. The molecule has 3 rings (SSSR count). The number of anilines is 2. The van der Waals surface area contributed by atoms with Crippen LogP contribution in [0.25, 0.3) is 0 Å². The second-order valence-electron chi connectivity index (χ2n) is 7.73. The van der Waals surface area contributed by atoms with Crippen molar-refractivity contribution in [3.05, 3.63) is 52.6 Å². The van der Waals surface area contributed by atoms with Gasteiger partial charge in [-0.25, -0.2) is 0 Å². The highest BCUT2D eigenvalue weighted by molar-refractivity contribution is 6.32. The van der Waals surface area contributed by atoms with Crippen molar-refractivity contribution in [2.75, 3.05) is 65.0 Å². The highest BCUT2D eigenvalue weighted by atomic mass is 16.3. The summed E-state index contributed by atoms with van der Waals surface area (Å²) in [5, 5.41) is 16.9. The van der Waals surface area contributed by atoms with Gasteiger partial charge in [0, 0.05) is 43.1 Å². The Bertz CT molecular complexity index is 938. The van der Waals surface area contributed by atoms with Gasteiger partial charge in [0.1, 0.15) is 5.75 Å². The van der Waals surface area contributed by atoms with E-state index in [0.717, 1.165) is 13.1 Å². The van der Waals surface area contributed by atoms with E-state index in [-0.39, 0.29) is 28.4 Å². The number of hydrogen-bond acceptors (Lipinski definition) is 7. The van der Waals surface area contributed by atoms with Crippen molar-refractivity contribution in [3.8, 4) is 5.75 Å². The van der Waals surface area contributed by atoms with Crippen molar-refractivity contribution in [2.24, 2.45) is 0 Å². The van der Waals surface area contributed by atoms with Crippen molar-refractivity contribution in [1.82, 2.24) is 9.80 Å². The number of benzene rings is 2. The van der Waals surface area contributed by atoms with E-state index in [1.807, 2.05) is 38.0 Å². The Balaban J connectivity index is 2.00. The van der Waals surface area contributed by atoms with Crippen LogP contribution in [0.1, 0.15) is 31.8 Å². The van der Waals surface area contributed by atoms with Crippen molar-refractivity contribution in [1.29, 1.82) is 0 Å². The Kier molecular flexibility index (Phi) is 6.20. The molecule has 29 heavy (non-hydrogen) atoms. The van der Waals surface area contributed by atoms with Gasteiger partial charge in [0.15, 0.2) is 11.6 Å². The summed E-state index contributed by atoms with van der Waals surface area (Å²) in [7, 11) is 7.86. The van der Waals surface area contributed by atoms with E-state index in [1.54, 1.807) is 24.3 Å². The Morgan fingerprint density at radius 2 is 1.34 bits per heavy atom. The number of phenolic OH excluding ortho intramolecular Hbond substituents is 1. The maximum absolute atomic E-state index is 13.3. The summed E-state index contributed by atoms with van der Waals surface area (Å²) >= 11 is 0. The highest BCUT2D eigenvalue weighted by Gasteiger charge is 2.35. The van der Waals surface area contributed by atoms with Gasteiger partial charge in [-0.3, -0.25) is 9.59 Å². The molecule has 0 saturated heterocycles. The van der Waals surface area contributed by atoms with Gasteiger partial charge < -0.3 is 25.5 Å². The van der Waals surface area contributed by atoms with Crippen molar-refractivity contribution < 1.29 is 14.7 Å². The molecule has 3 N–H and O–H groups in total. The zero-order chi connectivity index (χ0) is 21.1. The van der Waals surface area contributed by atoms with E-state index < -0.39 is 0 Å². The second-order valence-corrected chi connectivity index (χ2v) is 7.73. The number of nitrogens with one attached hydrogen (secondary N) is 2. The normalized spacial score (nSPS) is 12.9. The largest absolute Gasteiger partial charge is 0.507 e. The predicted molar refractivity (Wildman–Crippen MR) is 116 cm³/mol. The Morgan fingerprint density at radius 3 is 1.93 bits per heavy atom. The summed E-state index contributed by atoms with van der Waals surface area (Å²) < 4.78 is 0. The molecule has 0 aliphatic heterocycles. The van der Waals surface area contributed by atoms with Crippen molar-refractivity contribution >= 4 is 22.9 Å². The van der Waals surface area contributed by atoms with Crippen molar-refractivity contribution in [3.63, 3.8) is 0 Å². The number of likely N-dealkylation sites (N-methyl/N-ethyl adjacent to an activating group) is 2. The Morgan fingerprint density at radius 1 is 0.759 bits per heavy atom. The predicted octanol–water partition coefficient (Wildman–Crippen LogP) is 2.11. The number of carbonyl (C=O) groups is 2. The molecule has 0 spiro atoms. The molecule has 0 amide bonds. The van der Waals surface area contributed by atoms with Crippen LogP contribution in [0.5, 0.6) is 5.75 Å². The molecule has 2 aromatic carbocycles. The molecule has 1 aliphatic carbocycles. The van der Waals surface area contributed by atoms with Crippen LogP contribution >= 0.6 is 0 Å². The number of phenols is 1. The van der Waals surface area contributed by atoms with Crippen LogP contribution in [0.2, 0.25) is 0 Å². The first-order valence-electron chi connectivity index (χ1n) is 9.66. The lowest BCUT2D eigenvalue weighted by Crippen LogP contribution is -2.27. The quantitative estimate of drug-likeness (QED) is 0.503. The van der Waals surface area contributed by atoms with E-state index >= 15 is 0 Å². The summed E-state index contributed by atoms with van der Waals surface area (Å²) in [6.07, 6.45) is 0. The first-order chi connectivity index (χ1) is 13.8. The van der Waals surface area contributed by atoms with Gasteiger partial charge in [0.05, 0.1) is 16.7 Å². The molecular weight excluding hydrogens is 368 g/mol. The first-order valence-corrected chi connectivity index (χ1v) is 9.66. The molecule has 1 aliphatic rings. The molecule has 0 bridgehead atoms. The minimum absolute atomic E-state index is 0.0687. The Labute approximate surface area is 171 Å². The molecule has 0 aromatic heterocycles. The number of ketones is 2. The van der Waals surface area contributed by atoms with Gasteiger partial charge in [0.25, 0.3) is 0 Å². The summed E-state index contributed by atoms with van der Waals surface area (Å²) in [4.78, 5) is 30.7. The third-order valence-electron chi connectivity index (χ3n) is 4.92. The first kappa shape index (κ1) is 20.8.